The second-order valence-corrected chi connectivity index (χ2v) is 8.71. The normalized spacial score (nSPS) is 27.8. The minimum absolute atomic E-state index is 0.0712. The van der Waals surface area contributed by atoms with E-state index in [1.165, 1.54) is 57.1 Å². The van der Waals surface area contributed by atoms with Gasteiger partial charge in [-0.25, -0.2) is 4.39 Å². The van der Waals surface area contributed by atoms with Gasteiger partial charge in [0.15, 0.2) is 0 Å². The van der Waals surface area contributed by atoms with E-state index in [2.05, 4.69) is 6.92 Å². The molecule has 0 amide bonds. The third-order valence-electron chi connectivity index (χ3n) is 6.90. The number of benzene rings is 1. The zero-order valence-electron chi connectivity index (χ0n) is 17.0. The third-order valence-corrected chi connectivity index (χ3v) is 6.90. The fourth-order valence-corrected chi connectivity index (χ4v) is 5.14. The Hall–Kier alpha value is -1.89. The molecule has 0 bridgehead atoms. The maximum absolute atomic E-state index is 13.2. The number of unbranched alkanes of at least 4 members (excludes halogenated alkanes) is 1. The third kappa shape index (κ3) is 5.34. The summed E-state index contributed by atoms with van der Waals surface area (Å²) in [6, 6.07) is 5.59. The molecule has 152 valence electrons. The number of halogens is 1. The van der Waals surface area contributed by atoms with E-state index in [4.69, 9.17) is 10.00 Å². The zero-order valence-corrected chi connectivity index (χ0v) is 17.0. The molecule has 0 atom stereocenters. The van der Waals surface area contributed by atoms with E-state index in [0.717, 1.165) is 49.5 Å². The molecule has 2 aliphatic carbocycles. The molecular formula is C24H32FNO2. The standard InChI is InChI=1S/C24H32FNO2/c1-2-3-4-17-5-7-18(8-6-17)19-9-11-20(12-10-19)24(27)28-23-14-13-22(25)15-21(23)16-26/h13-15,17-20H,2-12H2,1H3/t17-,18-,19-,20-. The molecule has 28 heavy (non-hydrogen) atoms. The van der Waals surface area contributed by atoms with Gasteiger partial charge in [0, 0.05) is 0 Å². The Labute approximate surface area is 168 Å². The summed E-state index contributed by atoms with van der Waals surface area (Å²) in [6.07, 6.45) is 13.5. The summed E-state index contributed by atoms with van der Waals surface area (Å²) < 4.78 is 18.7. The highest BCUT2D eigenvalue weighted by Crippen LogP contribution is 2.42. The van der Waals surface area contributed by atoms with Gasteiger partial charge in [-0.2, -0.15) is 5.26 Å². The molecule has 0 unspecified atom stereocenters. The lowest BCUT2D eigenvalue weighted by Crippen LogP contribution is -2.30. The lowest BCUT2D eigenvalue weighted by molar-refractivity contribution is -0.140. The smallest absolute Gasteiger partial charge is 0.314 e. The first-order valence-electron chi connectivity index (χ1n) is 11.0. The Kier molecular flexibility index (Phi) is 7.48. The molecule has 2 fully saturated rings. The lowest BCUT2D eigenvalue weighted by atomic mass is 9.68. The molecule has 2 saturated carbocycles. The van der Waals surface area contributed by atoms with E-state index < -0.39 is 5.82 Å². The maximum Gasteiger partial charge on any atom is 0.314 e. The van der Waals surface area contributed by atoms with Crippen LogP contribution in [0.5, 0.6) is 5.75 Å². The van der Waals surface area contributed by atoms with Crippen molar-refractivity contribution in [2.75, 3.05) is 0 Å². The molecule has 0 N–H and O–H groups in total. The first kappa shape index (κ1) is 20.8. The Balaban J connectivity index is 1.45. The molecule has 0 radical (unpaired) electrons. The summed E-state index contributed by atoms with van der Waals surface area (Å²) >= 11 is 0. The largest absolute Gasteiger partial charge is 0.425 e. The van der Waals surface area contributed by atoms with E-state index in [0.29, 0.717) is 0 Å². The van der Waals surface area contributed by atoms with Crippen molar-refractivity contribution in [1.29, 1.82) is 5.26 Å². The lowest BCUT2D eigenvalue weighted by Gasteiger charge is -2.37. The summed E-state index contributed by atoms with van der Waals surface area (Å²) in [7, 11) is 0. The van der Waals surface area contributed by atoms with Gasteiger partial charge in [0.2, 0.25) is 0 Å². The average Bonchev–Trinajstić information content (AvgIpc) is 2.74. The first-order chi connectivity index (χ1) is 13.6. The van der Waals surface area contributed by atoms with Gasteiger partial charge in [-0.1, -0.05) is 39.0 Å². The summed E-state index contributed by atoms with van der Waals surface area (Å²) in [5, 5.41) is 9.10. The quantitative estimate of drug-likeness (QED) is 0.420. The Bertz CT molecular complexity index is 695. The number of carbonyl (C=O) groups is 1. The van der Waals surface area contributed by atoms with Crippen molar-refractivity contribution in [2.45, 2.75) is 77.6 Å². The van der Waals surface area contributed by atoms with Crippen molar-refractivity contribution in [3.05, 3.63) is 29.6 Å². The summed E-state index contributed by atoms with van der Waals surface area (Å²) in [5.41, 5.74) is 0.0712. The molecule has 0 heterocycles. The van der Waals surface area contributed by atoms with Gasteiger partial charge in [0.05, 0.1) is 11.5 Å². The molecule has 0 aliphatic heterocycles. The second kappa shape index (κ2) is 10.0. The van der Waals surface area contributed by atoms with Crippen molar-refractivity contribution >= 4 is 5.97 Å². The number of hydrogen-bond acceptors (Lipinski definition) is 3. The van der Waals surface area contributed by atoms with E-state index in [-0.39, 0.29) is 23.2 Å². The van der Waals surface area contributed by atoms with E-state index in [9.17, 15) is 9.18 Å². The second-order valence-electron chi connectivity index (χ2n) is 8.71. The van der Waals surface area contributed by atoms with Crippen molar-refractivity contribution in [3.8, 4) is 11.8 Å². The number of rotatable bonds is 6. The zero-order chi connectivity index (χ0) is 19.9. The number of nitrogens with zero attached hydrogens (tertiary/aromatic N) is 1. The molecule has 1 aromatic rings. The van der Waals surface area contributed by atoms with Crippen LogP contribution in [0, 0.1) is 40.8 Å². The van der Waals surface area contributed by atoms with Gasteiger partial charge in [0.25, 0.3) is 0 Å². The minimum atomic E-state index is -0.499. The van der Waals surface area contributed by atoms with Crippen LogP contribution in [0.2, 0.25) is 0 Å². The molecule has 3 nitrogen and oxygen atoms in total. The van der Waals surface area contributed by atoms with Crippen LogP contribution in [0.1, 0.15) is 83.1 Å². The van der Waals surface area contributed by atoms with Gasteiger partial charge in [-0.15, -0.1) is 0 Å². The summed E-state index contributed by atoms with van der Waals surface area (Å²) in [5.74, 6) is 1.81. The molecule has 1 aromatic carbocycles. The van der Waals surface area contributed by atoms with Crippen LogP contribution in [0.4, 0.5) is 4.39 Å². The number of ether oxygens (including phenoxy) is 1. The van der Waals surface area contributed by atoms with Crippen LogP contribution in [0.3, 0.4) is 0 Å². The van der Waals surface area contributed by atoms with Gasteiger partial charge in [-0.3, -0.25) is 4.79 Å². The fourth-order valence-electron chi connectivity index (χ4n) is 5.14. The van der Waals surface area contributed by atoms with Crippen LogP contribution in [0.15, 0.2) is 18.2 Å². The van der Waals surface area contributed by atoms with Crippen LogP contribution < -0.4 is 4.74 Å². The molecule has 2 aliphatic rings. The van der Waals surface area contributed by atoms with E-state index in [1.807, 2.05) is 6.07 Å². The monoisotopic (exact) mass is 385 g/mol. The highest BCUT2D eigenvalue weighted by molar-refractivity contribution is 5.76. The number of hydrogen-bond donors (Lipinski definition) is 0. The summed E-state index contributed by atoms with van der Waals surface area (Å²) in [6.45, 7) is 2.27. The molecule has 0 aromatic heterocycles. The Morgan fingerprint density at radius 2 is 1.75 bits per heavy atom. The predicted molar refractivity (Wildman–Crippen MR) is 107 cm³/mol. The fraction of sp³-hybridized carbons (Fsp3) is 0.667. The van der Waals surface area contributed by atoms with Crippen LogP contribution in [-0.2, 0) is 4.79 Å². The van der Waals surface area contributed by atoms with Gasteiger partial charge in [0.1, 0.15) is 17.6 Å². The Morgan fingerprint density at radius 1 is 1.11 bits per heavy atom. The summed E-state index contributed by atoms with van der Waals surface area (Å²) in [4.78, 5) is 12.5. The van der Waals surface area contributed by atoms with Gasteiger partial charge in [-0.05, 0) is 74.5 Å². The van der Waals surface area contributed by atoms with Crippen molar-refractivity contribution in [2.24, 2.45) is 23.7 Å². The average molecular weight is 386 g/mol. The highest BCUT2D eigenvalue weighted by Gasteiger charge is 2.33. The Morgan fingerprint density at radius 3 is 2.36 bits per heavy atom. The van der Waals surface area contributed by atoms with Crippen molar-refractivity contribution in [1.82, 2.24) is 0 Å². The molecule has 3 rings (SSSR count). The number of esters is 1. The van der Waals surface area contributed by atoms with Crippen LogP contribution in [-0.4, -0.2) is 5.97 Å². The van der Waals surface area contributed by atoms with E-state index >= 15 is 0 Å². The number of nitriles is 1. The van der Waals surface area contributed by atoms with E-state index in [1.54, 1.807) is 0 Å². The highest BCUT2D eigenvalue weighted by atomic mass is 19.1. The van der Waals surface area contributed by atoms with Gasteiger partial charge < -0.3 is 4.74 Å². The molecule has 0 spiro atoms. The molecule has 4 heteroatoms. The van der Waals surface area contributed by atoms with Crippen molar-refractivity contribution < 1.29 is 13.9 Å². The first-order valence-corrected chi connectivity index (χ1v) is 11.0. The van der Waals surface area contributed by atoms with Gasteiger partial charge >= 0.3 is 5.97 Å². The topological polar surface area (TPSA) is 50.1 Å². The predicted octanol–water partition coefficient (Wildman–Crippen LogP) is 6.41. The van der Waals surface area contributed by atoms with Crippen LogP contribution in [0.25, 0.3) is 0 Å². The molecule has 0 saturated heterocycles. The molecular weight excluding hydrogens is 353 g/mol. The SMILES string of the molecule is CCCC[C@H]1CC[C@H]([C@H]2CC[C@H](C(=O)Oc3ccc(F)cc3C#N)CC2)CC1. The van der Waals surface area contributed by atoms with Crippen LogP contribution >= 0.6 is 0 Å². The minimum Gasteiger partial charge on any atom is -0.425 e. The van der Waals surface area contributed by atoms with Crippen molar-refractivity contribution in [3.63, 3.8) is 0 Å². The maximum atomic E-state index is 13.2. The number of carbonyl (C=O) groups excluding carboxylic acids is 1.